The zero-order valence-electron chi connectivity index (χ0n) is 11.2. The van der Waals surface area contributed by atoms with Crippen LogP contribution in [0.1, 0.15) is 25.7 Å². The molecule has 20 heavy (non-hydrogen) atoms. The quantitative estimate of drug-likeness (QED) is 0.629. The summed E-state index contributed by atoms with van der Waals surface area (Å²) in [6, 6.07) is 8.47. The molecule has 0 aliphatic heterocycles. The van der Waals surface area contributed by atoms with E-state index in [-0.39, 0.29) is 6.61 Å². The molecule has 2 aromatic rings. The van der Waals surface area contributed by atoms with Crippen molar-refractivity contribution in [1.82, 2.24) is 0 Å². The topological polar surface area (TPSA) is 67.5 Å². The highest BCUT2D eigenvalue weighted by Crippen LogP contribution is 2.20. The maximum absolute atomic E-state index is 12.3. The van der Waals surface area contributed by atoms with Crippen molar-refractivity contribution in [3.63, 3.8) is 0 Å². The Morgan fingerprint density at radius 2 is 1.85 bits per heavy atom. The lowest BCUT2D eigenvalue weighted by Crippen LogP contribution is -2.05. The van der Waals surface area contributed by atoms with Crippen molar-refractivity contribution >= 4 is 21.8 Å². The highest BCUT2D eigenvalue weighted by atomic mass is 32.2. The van der Waals surface area contributed by atoms with Crippen LogP contribution in [0.15, 0.2) is 44.4 Å². The minimum atomic E-state index is -1.20. The zero-order chi connectivity index (χ0) is 14.4. The number of hydrogen-bond acceptors (Lipinski definition) is 4. The van der Waals surface area contributed by atoms with Crippen LogP contribution in [0.5, 0.6) is 0 Å². The number of rotatable bonds is 7. The largest absolute Gasteiger partial charge is 0.423 e. The van der Waals surface area contributed by atoms with Gasteiger partial charge in [0.2, 0.25) is 0 Å². The van der Waals surface area contributed by atoms with E-state index in [1.807, 2.05) is 12.1 Å². The first-order valence-corrected chi connectivity index (χ1v) is 8.06. The minimum Gasteiger partial charge on any atom is -0.423 e. The molecule has 0 saturated heterocycles. The number of aliphatic hydroxyl groups excluding tert-OH is 1. The fourth-order valence-electron chi connectivity index (χ4n) is 2.08. The molecule has 1 aromatic carbocycles. The summed E-state index contributed by atoms with van der Waals surface area (Å²) in [5.41, 5.74) is 0.0101. The van der Waals surface area contributed by atoms with Gasteiger partial charge in [0.15, 0.2) is 0 Å². The van der Waals surface area contributed by atoms with E-state index in [4.69, 9.17) is 9.52 Å². The SMILES string of the molecule is O=c1cc(S(=O)CCCCCCO)c2ccccc2o1. The third kappa shape index (κ3) is 3.77. The van der Waals surface area contributed by atoms with E-state index in [0.29, 0.717) is 16.2 Å². The van der Waals surface area contributed by atoms with E-state index in [0.717, 1.165) is 31.1 Å². The van der Waals surface area contributed by atoms with Gasteiger partial charge in [0.1, 0.15) is 5.58 Å². The summed E-state index contributed by atoms with van der Waals surface area (Å²) in [7, 11) is -1.20. The van der Waals surface area contributed by atoms with Crippen molar-refractivity contribution in [3.8, 4) is 0 Å². The number of unbranched alkanes of at least 4 members (excludes halogenated alkanes) is 3. The molecule has 1 atom stereocenters. The second-order valence-corrected chi connectivity index (χ2v) is 6.15. The zero-order valence-corrected chi connectivity index (χ0v) is 12.0. The molecule has 0 spiro atoms. The van der Waals surface area contributed by atoms with Gasteiger partial charge in [-0.2, -0.15) is 0 Å². The Hall–Kier alpha value is -1.46. The number of aliphatic hydroxyl groups is 1. The maximum atomic E-state index is 12.3. The van der Waals surface area contributed by atoms with Crippen LogP contribution in [0, 0.1) is 0 Å². The first kappa shape index (κ1) is 14.9. The summed E-state index contributed by atoms with van der Waals surface area (Å²) in [5.74, 6) is 0.527. The molecule has 0 radical (unpaired) electrons. The van der Waals surface area contributed by atoms with Crippen molar-refractivity contribution in [2.24, 2.45) is 0 Å². The lowest BCUT2D eigenvalue weighted by Gasteiger charge is -2.05. The van der Waals surface area contributed by atoms with Gasteiger partial charge in [-0.25, -0.2) is 4.79 Å². The van der Waals surface area contributed by atoms with Crippen molar-refractivity contribution < 1.29 is 13.7 Å². The number of para-hydroxylation sites is 1. The van der Waals surface area contributed by atoms with Crippen LogP contribution in [0.25, 0.3) is 11.0 Å². The van der Waals surface area contributed by atoms with Crippen molar-refractivity contribution in [3.05, 3.63) is 40.8 Å². The molecule has 1 heterocycles. The molecule has 0 bridgehead atoms. The van der Waals surface area contributed by atoms with Crippen LogP contribution < -0.4 is 5.63 Å². The summed E-state index contributed by atoms with van der Waals surface area (Å²) >= 11 is 0. The van der Waals surface area contributed by atoms with Crippen molar-refractivity contribution in [1.29, 1.82) is 0 Å². The molecule has 4 nitrogen and oxygen atoms in total. The molecule has 0 aliphatic carbocycles. The van der Waals surface area contributed by atoms with Gasteiger partial charge < -0.3 is 9.52 Å². The molecule has 1 aromatic heterocycles. The Morgan fingerprint density at radius 1 is 1.10 bits per heavy atom. The summed E-state index contributed by atoms with van der Waals surface area (Å²) in [5, 5.41) is 9.43. The van der Waals surface area contributed by atoms with E-state index in [9.17, 15) is 9.00 Å². The van der Waals surface area contributed by atoms with Crippen molar-refractivity contribution in [2.45, 2.75) is 30.6 Å². The molecular formula is C15H18O4S. The highest BCUT2D eigenvalue weighted by Gasteiger charge is 2.11. The molecule has 2 rings (SSSR count). The Morgan fingerprint density at radius 3 is 2.65 bits per heavy atom. The average Bonchev–Trinajstić information content (AvgIpc) is 2.46. The lowest BCUT2D eigenvalue weighted by molar-refractivity contribution is 0.283. The smallest absolute Gasteiger partial charge is 0.337 e. The summed E-state index contributed by atoms with van der Waals surface area (Å²) in [4.78, 5) is 12.0. The molecule has 0 saturated carbocycles. The van der Waals surface area contributed by atoms with Crippen LogP contribution in [0.3, 0.4) is 0 Å². The third-order valence-corrected chi connectivity index (χ3v) is 4.58. The van der Waals surface area contributed by atoms with E-state index in [1.54, 1.807) is 12.1 Å². The van der Waals surface area contributed by atoms with Gasteiger partial charge in [0, 0.05) is 23.8 Å². The molecule has 1 N–H and O–H groups in total. The van der Waals surface area contributed by atoms with Gasteiger partial charge in [-0.1, -0.05) is 31.0 Å². The Kier molecular flexibility index (Phi) is 5.49. The van der Waals surface area contributed by atoms with E-state index in [1.165, 1.54) is 6.07 Å². The number of hydrogen-bond donors (Lipinski definition) is 1. The first-order chi connectivity index (χ1) is 9.72. The standard InChI is InChI=1S/C15H18O4S/c16-9-5-1-2-6-10-20(18)14-11-15(17)19-13-8-4-3-7-12(13)14/h3-4,7-8,11,16H,1-2,5-6,9-10H2. The van der Waals surface area contributed by atoms with E-state index in [2.05, 4.69) is 0 Å². The molecular weight excluding hydrogens is 276 g/mol. The minimum absolute atomic E-state index is 0.202. The van der Waals surface area contributed by atoms with Gasteiger partial charge >= 0.3 is 5.63 Å². The molecule has 0 aliphatic rings. The normalized spacial score (nSPS) is 12.7. The van der Waals surface area contributed by atoms with Crippen LogP contribution in [0.4, 0.5) is 0 Å². The summed E-state index contributed by atoms with van der Waals surface area (Å²) in [6.45, 7) is 0.202. The molecule has 1 unspecified atom stereocenters. The predicted molar refractivity (Wildman–Crippen MR) is 79.3 cm³/mol. The predicted octanol–water partition coefficient (Wildman–Crippen LogP) is 2.45. The molecule has 5 heteroatoms. The lowest BCUT2D eigenvalue weighted by atomic mass is 10.2. The Labute approximate surface area is 119 Å². The monoisotopic (exact) mass is 294 g/mol. The van der Waals surface area contributed by atoms with Crippen LogP contribution >= 0.6 is 0 Å². The van der Waals surface area contributed by atoms with Gasteiger partial charge in [0.25, 0.3) is 0 Å². The Balaban J connectivity index is 2.11. The molecule has 0 amide bonds. The van der Waals surface area contributed by atoms with Gasteiger partial charge in [-0.15, -0.1) is 0 Å². The average molecular weight is 294 g/mol. The summed E-state index contributed by atoms with van der Waals surface area (Å²) in [6.07, 6.45) is 3.47. The summed E-state index contributed by atoms with van der Waals surface area (Å²) < 4.78 is 17.4. The van der Waals surface area contributed by atoms with E-state index >= 15 is 0 Å². The Bertz CT molecular complexity index is 648. The highest BCUT2D eigenvalue weighted by molar-refractivity contribution is 7.85. The molecule has 0 fully saturated rings. The number of benzene rings is 1. The van der Waals surface area contributed by atoms with Crippen molar-refractivity contribution in [2.75, 3.05) is 12.4 Å². The van der Waals surface area contributed by atoms with E-state index < -0.39 is 16.4 Å². The fraction of sp³-hybridized carbons (Fsp3) is 0.400. The number of fused-ring (bicyclic) bond motifs is 1. The third-order valence-electron chi connectivity index (χ3n) is 3.10. The van der Waals surface area contributed by atoms with Crippen LogP contribution in [-0.4, -0.2) is 21.7 Å². The first-order valence-electron chi connectivity index (χ1n) is 6.74. The second kappa shape index (κ2) is 7.36. The maximum Gasteiger partial charge on any atom is 0.337 e. The van der Waals surface area contributed by atoms with Gasteiger partial charge in [-0.05, 0) is 18.9 Å². The van der Waals surface area contributed by atoms with Crippen LogP contribution in [-0.2, 0) is 10.8 Å². The second-order valence-electron chi connectivity index (χ2n) is 4.61. The van der Waals surface area contributed by atoms with Crippen LogP contribution in [0.2, 0.25) is 0 Å². The molecule has 108 valence electrons. The van der Waals surface area contributed by atoms with Gasteiger partial charge in [-0.3, -0.25) is 4.21 Å². The van der Waals surface area contributed by atoms with Gasteiger partial charge in [0.05, 0.1) is 15.7 Å². The fourth-order valence-corrected chi connectivity index (χ4v) is 3.41.